The number of nitro groups is 1. The molecule has 0 aliphatic carbocycles. The molecule has 29 heavy (non-hydrogen) atoms. The zero-order valence-corrected chi connectivity index (χ0v) is 17.6. The Labute approximate surface area is 174 Å². The van der Waals surface area contributed by atoms with E-state index < -0.39 is 25.3 Å². The predicted octanol–water partition coefficient (Wildman–Crippen LogP) is 4.20. The lowest BCUT2D eigenvalue weighted by molar-refractivity contribution is -0.387. The Morgan fingerprint density at radius 2 is 1.79 bits per heavy atom. The summed E-state index contributed by atoms with van der Waals surface area (Å²) in [6.45, 7) is 5.25. The van der Waals surface area contributed by atoms with Crippen LogP contribution < -0.4 is 0 Å². The molecule has 0 spiro atoms. The van der Waals surface area contributed by atoms with Crippen molar-refractivity contribution in [3.8, 4) is 0 Å². The summed E-state index contributed by atoms with van der Waals surface area (Å²) >= 11 is 5.87. The van der Waals surface area contributed by atoms with Crippen molar-refractivity contribution in [3.05, 3.63) is 63.2 Å². The van der Waals surface area contributed by atoms with Crippen molar-refractivity contribution in [2.75, 3.05) is 13.1 Å². The van der Waals surface area contributed by atoms with Crippen LogP contribution >= 0.6 is 11.6 Å². The molecule has 154 valence electrons. The minimum Gasteiger partial charge on any atom is -0.338 e. The number of benzene rings is 2. The van der Waals surface area contributed by atoms with Crippen molar-refractivity contribution >= 4 is 33.0 Å². The number of hydrogen-bond donors (Lipinski definition) is 0. The van der Waals surface area contributed by atoms with E-state index in [1.807, 2.05) is 0 Å². The summed E-state index contributed by atoms with van der Waals surface area (Å²) in [5.41, 5.74) is -0.531. The van der Waals surface area contributed by atoms with Crippen LogP contribution in [-0.2, 0) is 9.84 Å². The van der Waals surface area contributed by atoms with Gasteiger partial charge in [-0.25, -0.2) is 8.42 Å². The Morgan fingerprint density at radius 1 is 1.14 bits per heavy atom. The normalized spacial score (nSPS) is 19.8. The largest absolute Gasteiger partial charge is 0.338 e. The molecule has 1 saturated heterocycles. The molecule has 0 aromatic heterocycles. The smallest absolute Gasteiger partial charge is 0.289 e. The lowest BCUT2D eigenvalue weighted by Crippen LogP contribution is -2.42. The van der Waals surface area contributed by atoms with E-state index in [4.69, 9.17) is 11.6 Å². The van der Waals surface area contributed by atoms with Gasteiger partial charge in [0.15, 0.2) is 0 Å². The molecule has 0 N–H and O–H groups in total. The third-order valence-corrected chi connectivity index (χ3v) is 6.99. The van der Waals surface area contributed by atoms with Gasteiger partial charge in [-0.2, -0.15) is 0 Å². The Bertz CT molecular complexity index is 1060. The number of piperidine rings is 1. The summed E-state index contributed by atoms with van der Waals surface area (Å²) in [7, 11) is -4.17. The first-order valence-corrected chi connectivity index (χ1v) is 11.0. The number of sulfone groups is 1. The van der Waals surface area contributed by atoms with Gasteiger partial charge in [0.1, 0.15) is 4.90 Å². The fourth-order valence-electron chi connectivity index (χ4n) is 3.79. The first kappa shape index (κ1) is 21.3. The fourth-order valence-corrected chi connectivity index (χ4v) is 5.50. The molecular formula is C20H21ClN2O5S. The van der Waals surface area contributed by atoms with Crippen molar-refractivity contribution in [1.82, 2.24) is 4.90 Å². The van der Waals surface area contributed by atoms with Gasteiger partial charge in [-0.3, -0.25) is 14.9 Å². The van der Waals surface area contributed by atoms with Crippen LogP contribution in [0.2, 0.25) is 5.02 Å². The predicted molar refractivity (Wildman–Crippen MR) is 109 cm³/mol. The van der Waals surface area contributed by atoms with Crippen molar-refractivity contribution in [3.63, 3.8) is 0 Å². The Balaban J connectivity index is 2.02. The van der Waals surface area contributed by atoms with Gasteiger partial charge in [0.25, 0.3) is 11.6 Å². The van der Waals surface area contributed by atoms with E-state index in [9.17, 15) is 23.3 Å². The van der Waals surface area contributed by atoms with Crippen LogP contribution in [0.4, 0.5) is 5.69 Å². The Hall–Kier alpha value is -2.45. The molecule has 0 radical (unpaired) electrons. The molecule has 2 aromatic carbocycles. The Kier molecular flexibility index (Phi) is 5.95. The lowest BCUT2D eigenvalue weighted by Gasteiger charge is -2.35. The summed E-state index contributed by atoms with van der Waals surface area (Å²) in [6.07, 6.45) is 1.01. The van der Waals surface area contributed by atoms with Gasteiger partial charge in [-0.05, 0) is 48.6 Å². The SMILES string of the molecule is C[C@H]1C[C@H](C)CN(C(=O)c2ccc(S(=O)(=O)c3cccc(Cl)c3)c([N+](=O)[O-])c2)C1. The first-order valence-electron chi connectivity index (χ1n) is 9.18. The first-order chi connectivity index (χ1) is 13.6. The topological polar surface area (TPSA) is 97.6 Å². The van der Waals surface area contributed by atoms with Crippen molar-refractivity contribution < 1.29 is 18.1 Å². The third-order valence-electron chi connectivity index (χ3n) is 4.95. The van der Waals surface area contributed by atoms with Gasteiger partial charge in [0, 0.05) is 29.7 Å². The van der Waals surface area contributed by atoms with Crippen LogP contribution in [0.5, 0.6) is 0 Å². The maximum atomic E-state index is 12.9. The van der Waals surface area contributed by atoms with E-state index in [2.05, 4.69) is 13.8 Å². The summed E-state index contributed by atoms with van der Waals surface area (Å²) in [4.78, 5) is 24.8. The quantitative estimate of drug-likeness (QED) is 0.528. The molecule has 1 fully saturated rings. The zero-order valence-electron chi connectivity index (χ0n) is 16.0. The molecule has 1 heterocycles. The molecule has 1 aliphatic rings. The van der Waals surface area contributed by atoms with Crippen LogP contribution in [-0.4, -0.2) is 37.2 Å². The molecule has 1 amide bonds. The highest BCUT2D eigenvalue weighted by Crippen LogP contribution is 2.32. The van der Waals surface area contributed by atoms with Crippen LogP contribution in [0.1, 0.15) is 30.6 Å². The van der Waals surface area contributed by atoms with Gasteiger partial charge >= 0.3 is 0 Å². The maximum absolute atomic E-state index is 12.9. The monoisotopic (exact) mass is 436 g/mol. The second-order valence-electron chi connectivity index (χ2n) is 7.56. The third kappa shape index (κ3) is 4.43. The molecular weight excluding hydrogens is 416 g/mol. The maximum Gasteiger partial charge on any atom is 0.289 e. The molecule has 1 aliphatic heterocycles. The van der Waals surface area contributed by atoms with Crippen LogP contribution in [0.3, 0.4) is 0 Å². The summed E-state index contributed by atoms with van der Waals surface area (Å²) < 4.78 is 25.8. The number of carbonyl (C=O) groups excluding carboxylic acids is 1. The number of likely N-dealkylation sites (tertiary alicyclic amines) is 1. The number of halogens is 1. The number of nitrogens with zero attached hydrogens (tertiary/aromatic N) is 2. The second kappa shape index (κ2) is 8.12. The van der Waals surface area contributed by atoms with Crippen LogP contribution in [0, 0.1) is 22.0 Å². The minimum absolute atomic E-state index is 0.100. The highest BCUT2D eigenvalue weighted by atomic mass is 35.5. The van der Waals surface area contributed by atoms with Gasteiger partial charge in [-0.1, -0.05) is 31.5 Å². The summed E-state index contributed by atoms with van der Waals surface area (Å²) in [5, 5.41) is 11.8. The van der Waals surface area contributed by atoms with E-state index in [-0.39, 0.29) is 21.4 Å². The van der Waals surface area contributed by atoms with E-state index >= 15 is 0 Å². The zero-order chi connectivity index (χ0) is 21.3. The number of carbonyl (C=O) groups is 1. The molecule has 3 rings (SSSR count). The van der Waals surface area contributed by atoms with Gasteiger partial charge in [0.05, 0.1) is 9.82 Å². The molecule has 7 nitrogen and oxygen atoms in total. The average Bonchev–Trinajstić information content (AvgIpc) is 2.66. The average molecular weight is 437 g/mol. The summed E-state index contributed by atoms with van der Waals surface area (Å²) in [5.74, 6) is 0.332. The number of amides is 1. The number of nitro benzene ring substituents is 1. The van der Waals surface area contributed by atoms with Gasteiger partial charge in [-0.15, -0.1) is 0 Å². The highest BCUT2D eigenvalue weighted by Gasteiger charge is 2.31. The molecule has 2 atom stereocenters. The van der Waals surface area contributed by atoms with Crippen LogP contribution in [0.15, 0.2) is 52.3 Å². The fraction of sp³-hybridized carbons (Fsp3) is 0.350. The lowest BCUT2D eigenvalue weighted by atomic mass is 9.91. The van der Waals surface area contributed by atoms with Crippen molar-refractivity contribution in [2.24, 2.45) is 11.8 Å². The van der Waals surface area contributed by atoms with E-state index in [1.165, 1.54) is 30.3 Å². The molecule has 9 heteroatoms. The standard InChI is InChI=1S/C20H21ClN2O5S/c1-13-8-14(2)12-22(11-13)20(24)15-6-7-19(18(9-15)23(25)26)29(27,28)17-5-3-4-16(21)10-17/h3-7,9-10,13-14H,8,11-12H2,1-2H3/t13-,14-/m0/s1. The minimum atomic E-state index is -4.17. The molecule has 2 aromatic rings. The second-order valence-corrected chi connectivity index (χ2v) is 9.91. The highest BCUT2D eigenvalue weighted by molar-refractivity contribution is 7.91. The summed E-state index contributed by atoms with van der Waals surface area (Å²) in [6, 6.07) is 9.02. The van der Waals surface area contributed by atoms with Gasteiger partial charge < -0.3 is 4.90 Å². The van der Waals surface area contributed by atoms with E-state index in [1.54, 1.807) is 4.90 Å². The number of hydrogen-bond acceptors (Lipinski definition) is 5. The number of rotatable bonds is 4. The van der Waals surface area contributed by atoms with Gasteiger partial charge in [0.2, 0.25) is 9.84 Å². The van der Waals surface area contributed by atoms with E-state index in [0.717, 1.165) is 18.6 Å². The van der Waals surface area contributed by atoms with Crippen molar-refractivity contribution in [2.45, 2.75) is 30.1 Å². The molecule has 0 unspecified atom stereocenters. The molecule has 0 saturated carbocycles. The Morgan fingerprint density at radius 3 is 2.38 bits per heavy atom. The van der Waals surface area contributed by atoms with E-state index in [0.29, 0.717) is 24.9 Å². The van der Waals surface area contributed by atoms with Crippen LogP contribution in [0.25, 0.3) is 0 Å². The van der Waals surface area contributed by atoms with Crippen molar-refractivity contribution in [1.29, 1.82) is 0 Å². The molecule has 0 bridgehead atoms.